The molecule has 6 nitrogen and oxygen atoms in total. The number of halogens is 1. The van der Waals surface area contributed by atoms with Gasteiger partial charge in [-0.2, -0.15) is 0 Å². The van der Waals surface area contributed by atoms with Crippen LogP contribution in [0.2, 0.25) is 0 Å². The smallest absolute Gasteiger partial charge is 0.304 e. The van der Waals surface area contributed by atoms with Crippen molar-refractivity contribution in [2.24, 2.45) is 5.92 Å². The molecule has 0 amide bonds. The summed E-state index contributed by atoms with van der Waals surface area (Å²) >= 11 is 6.50. The topological polar surface area (TPSA) is 79.5 Å². The van der Waals surface area contributed by atoms with Gasteiger partial charge in [-0.15, -0.1) is 0 Å². The Morgan fingerprint density at radius 3 is 2.66 bits per heavy atom. The van der Waals surface area contributed by atoms with E-state index in [0.29, 0.717) is 24.5 Å². The lowest BCUT2D eigenvalue weighted by Crippen LogP contribution is -2.52. The standard InChI is InChI=1S/C31H33ClN2O4/c1-6-19(2)15-20(3)11-12-23-16-25-26(29(36)31(5,38-21(4)35)30(37)28(25)32)18-34(23)14-13-22-17-33-27-10-8-7-9-24(22)27/h7-12,15-19,33H,6,13-14H2,1-5H3/b12-11+,20-15+/t19-,31+/m0/s1. The molecule has 1 aromatic heterocycles. The van der Waals surface area contributed by atoms with Gasteiger partial charge in [0, 0.05) is 53.6 Å². The summed E-state index contributed by atoms with van der Waals surface area (Å²) < 4.78 is 5.22. The van der Waals surface area contributed by atoms with Crippen molar-refractivity contribution in [2.75, 3.05) is 6.54 Å². The highest BCUT2D eigenvalue weighted by Crippen LogP contribution is 2.39. The van der Waals surface area contributed by atoms with E-state index in [4.69, 9.17) is 16.3 Å². The number of aromatic nitrogens is 1. The van der Waals surface area contributed by atoms with Gasteiger partial charge in [-0.25, -0.2) is 0 Å². The molecular weight excluding hydrogens is 500 g/mol. The number of rotatable bonds is 8. The molecule has 1 aromatic carbocycles. The Labute approximate surface area is 228 Å². The number of carbonyl (C=O) groups excluding carboxylic acids is 3. The molecule has 2 aromatic rings. The number of carbonyl (C=O) groups is 3. The Hall–Kier alpha value is -3.64. The lowest BCUT2D eigenvalue weighted by molar-refractivity contribution is -0.167. The fourth-order valence-electron chi connectivity index (χ4n) is 4.80. The van der Waals surface area contributed by atoms with Gasteiger partial charge in [0.05, 0.1) is 5.03 Å². The van der Waals surface area contributed by atoms with Gasteiger partial charge < -0.3 is 14.6 Å². The van der Waals surface area contributed by atoms with Crippen LogP contribution in [0.1, 0.15) is 46.6 Å². The molecule has 2 heterocycles. The minimum Gasteiger partial charge on any atom is -0.443 e. The first-order valence-electron chi connectivity index (χ1n) is 12.9. The van der Waals surface area contributed by atoms with Crippen molar-refractivity contribution in [1.29, 1.82) is 0 Å². The fourth-order valence-corrected chi connectivity index (χ4v) is 5.14. The first-order chi connectivity index (χ1) is 18.0. The third-order valence-corrected chi connectivity index (χ3v) is 7.47. The predicted octanol–water partition coefficient (Wildman–Crippen LogP) is 6.31. The number of hydrogen-bond acceptors (Lipinski definition) is 5. The number of H-pyrrole nitrogens is 1. The number of nitrogens with zero attached hydrogens (tertiary/aromatic N) is 1. The van der Waals surface area contributed by atoms with Crippen LogP contribution in [-0.4, -0.2) is 39.6 Å². The number of fused-ring (bicyclic) bond motifs is 2. The van der Waals surface area contributed by atoms with Crippen LogP contribution in [0, 0.1) is 5.92 Å². The lowest BCUT2D eigenvalue weighted by atomic mass is 9.79. The molecule has 198 valence electrons. The van der Waals surface area contributed by atoms with E-state index in [1.165, 1.54) is 13.8 Å². The molecule has 0 saturated carbocycles. The van der Waals surface area contributed by atoms with Crippen LogP contribution in [0.25, 0.3) is 10.9 Å². The van der Waals surface area contributed by atoms with E-state index < -0.39 is 23.1 Å². The van der Waals surface area contributed by atoms with Crippen molar-refractivity contribution in [3.8, 4) is 0 Å². The van der Waals surface area contributed by atoms with Crippen molar-refractivity contribution >= 4 is 40.0 Å². The SMILES string of the molecule is CC[C@H](C)/C=C(C)/C=C/C1=CC2=C(Cl)C(=O)[C@](C)(OC(C)=O)C(=O)C2=CN1CCc1c[nH]c2ccccc12. The lowest BCUT2D eigenvalue weighted by Gasteiger charge is -2.35. The fraction of sp³-hybridized carbons (Fsp3) is 0.323. The maximum absolute atomic E-state index is 13.5. The van der Waals surface area contributed by atoms with Crippen LogP contribution in [0.3, 0.4) is 0 Å². The average Bonchev–Trinajstić information content (AvgIpc) is 3.31. The largest absolute Gasteiger partial charge is 0.443 e. The number of para-hydroxylation sites is 1. The number of allylic oxidation sites excluding steroid dienone is 6. The monoisotopic (exact) mass is 532 g/mol. The average molecular weight is 533 g/mol. The van der Waals surface area contributed by atoms with E-state index in [9.17, 15) is 14.4 Å². The molecule has 0 fully saturated rings. The molecule has 0 spiro atoms. The van der Waals surface area contributed by atoms with Crippen molar-refractivity contribution in [3.63, 3.8) is 0 Å². The number of esters is 1. The number of ether oxygens (including phenoxy) is 1. The highest BCUT2D eigenvalue weighted by atomic mass is 35.5. The summed E-state index contributed by atoms with van der Waals surface area (Å²) in [4.78, 5) is 43.6. The summed E-state index contributed by atoms with van der Waals surface area (Å²) in [5.41, 5.74) is 2.75. The Morgan fingerprint density at radius 1 is 1.21 bits per heavy atom. The Kier molecular flexibility index (Phi) is 7.93. The van der Waals surface area contributed by atoms with Crippen molar-refractivity contribution in [2.45, 2.75) is 53.1 Å². The van der Waals surface area contributed by atoms with Crippen molar-refractivity contribution in [1.82, 2.24) is 9.88 Å². The third-order valence-electron chi connectivity index (χ3n) is 7.10. The van der Waals surface area contributed by atoms with Crippen LogP contribution in [-0.2, 0) is 25.5 Å². The highest BCUT2D eigenvalue weighted by Gasteiger charge is 2.52. The second-order valence-electron chi connectivity index (χ2n) is 10.1. The van der Waals surface area contributed by atoms with Crippen molar-refractivity contribution in [3.05, 3.63) is 94.0 Å². The number of Topliss-reactive ketones (excluding diaryl/α,β-unsaturated/α-hetero) is 2. The normalized spacial score (nSPS) is 21.1. The summed E-state index contributed by atoms with van der Waals surface area (Å²) in [6.45, 7) is 9.41. The predicted molar refractivity (Wildman–Crippen MR) is 150 cm³/mol. The summed E-state index contributed by atoms with van der Waals surface area (Å²) in [7, 11) is 0. The maximum Gasteiger partial charge on any atom is 0.304 e. The molecular formula is C31H33ClN2O4. The Bertz CT molecular complexity index is 1460. The number of benzene rings is 1. The molecule has 1 N–H and O–H groups in total. The molecule has 0 unspecified atom stereocenters. The molecule has 0 saturated heterocycles. The van der Waals surface area contributed by atoms with Crippen LogP contribution in [0.15, 0.2) is 88.4 Å². The molecule has 2 atom stereocenters. The first kappa shape index (κ1) is 27.4. The second-order valence-corrected chi connectivity index (χ2v) is 10.4. The summed E-state index contributed by atoms with van der Waals surface area (Å²) in [6, 6.07) is 8.12. The van der Waals surface area contributed by atoms with Gasteiger partial charge in [-0.1, -0.05) is 67.8 Å². The number of hydrogen-bond donors (Lipinski definition) is 1. The Balaban J connectivity index is 1.73. The molecule has 1 aliphatic carbocycles. The molecule has 1 aliphatic heterocycles. The molecule has 38 heavy (non-hydrogen) atoms. The van der Waals surface area contributed by atoms with Crippen LogP contribution in [0.4, 0.5) is 0 Å². The van der Waals surface area contributed by atoms with E-state index >= 15 is 0 Å². The highest BCUT2D eigenvalue weighted by molar-refractivity contribution is 6.49. The zero-order valence-corrected chi connectivity index (χ0v) is 23.2. The van der Waals surface area contributed by atoms with Gasteiger partial charge in [0.1, 0.15) is 0 Å². The summed E-state index contributed by atoms with van der Waals surface area (Å²) in [6.07, 6.45) is 13.5. The Morgan fingerprint density at radius 2 is 1.95 bits per heavy atom. The van der Waals surface area contributed by atoms with Crippen LogP contribution >= 0.6 is 11.6 Å². The van der Waals surface area contributed by atoms with Gasteiger partial charge >= 0.3 is 5.97 Å². The molecule has 7 heteroatoms. The molecule has 0 radical (unpaired) electrons. The summed E-state index contributed by atoms with van der Waals surface area (Å²) in [5.74, 6) is -1.57. The number of ketones is 2. The zero-order chi connectivity index (χ0) is 27.6. The zero-order valence-electron chi connectivity index (χ0n) is 22.4. The van der Waals surface area contributed by atoms with E-state index in [2.05, 4.69) is 31.0 Å². The molecule has 0 bridgehead atoms. The quantitative estimate of drug-likeness (QED) is 0.245. The van der Waals surface area contributed by atoms with E-state index in [-0.39, 0.29) is 10.6 Å². The van der Waals surface area contributed by atoms with E-state index in [0.717, 1.165) is 34.2 Å². The van der Waals surface area contributed by atoms with Crippen LogP contribution in [0.5, 0.6) is 0 Å². The minimum atomic E-state index is -1.99. The van der Waals surface area contributed by atoms with E-state index in [1.807, 2.05) is 48.4 Å². The number of aromatic amines is 1. The minimum absolute atomic E-state index is 0.117. The van der Waals surface area contributed by atoms with E-state index in [1.54, 1.807) is 12.3 Å². The van der Waals surface area contributed by atoms with Crippen molar-refractivity contribution < 1.29 is 19.1 Å². The van der Waals surface area contributed by atoms with Gasteiger partial charge in [0.2, 0.25) is 17.2 Å². The van der Waals surface area contributed by atoms with Gasteiger partial charge in [0.15, 0.2) is 0 Å². The molecule has 4 rings (SSSR count). The second kappa shape index (κ2) is 11.0. The summed E-state index contributed by atoms with van der Waals surface area (Å²) in [5, 5.41) is 1.03. The molecule has 2 aliphatic rings. The van der Waals surface area contributed by atoms with Gasteiger partial charge in [-0.3, -0.25) is 14.4 Å². The third kappa shape index (κ3) is 5.32. The maximum atomic E-state index is 13.5. The van der Waals surface area contributed by atoms with Crippen LogP contribution < -0.4 is 0 Å². The first-order valence-corrected chi connectivity index (χ1v) is 13.2. The number of nitrogens with one attached hydrogen (secondary N) is 1. The van der Waals surface area contributed by atoms with Gasteiger partial charge in [-0.05, 0) is 50.0 Å². The van der Waals surface area contributed by atoms with Gasteiger partial charge in [0.25, 0.3) is 0 Å².